The van der Waals surface area contributed by atoms with Crippen LogP contribution in [0.3, 0.4) is 0 Å². The number of fused-ring (bicyclic) bond motifs is 1. The third-order valence-corrected chi connectivity index (χ3v) is 3.84. The lowest BCUT2D eigenvalue weighted by Gasteiger charge is -2.10. The Balaban J connectivity index is 1.92. The van der Waals surface area contributed by atoms with Gasteiger partial charge in [0, 0.05) is 18.0 Å². The SMILES string of the molecule is COc1cc(OCCSC)ccc1-c1nc2cnccc2[nH]1. The van der Waals surface area contributed by atoms with Crippen molar-refractivity contribution < 1.29 is 9.47 Å². The molecular weight excluding hydrogens is 298 g/mol. The molecule has 22 heavy (non-hydrogen) atoms. The van der Waals surface area contributed by atoms with Gasteiger partial charge in [-0.2, -0.15) is 11.8 Å². The molecule has 0 aliphatic carbocycles. The summed E-state index contributed by atoms with van der Waals surface area (Å²) in [6.07, 6.45) is 5.54. The zero-order valence-electron chi connectivity index (χ0n) is 12.5. The molecule has 3 aromatic rings. The highest BCUT2D eigenvalue weighted by Gasteiger charge is 2.12. The summed E-state index contributed by atoms with van der Waals surface area (Å²) in [5.41, 5.74) is 2.68. The Morgan fingerprint density at radius 1 is 1.27 bits per heavy atom. The lowest BCUT2D eigenvalue weighted by Crippen LogP contribution is -2.00. The molecule has 2 aromatic heterocycles. The van der Waals surface area contributed by atoms with Crippen LogP contribution in [0.4, 0.5) is 0 Å². The van der Waals surface area contributed by atoms with Crippen LogP contribution in [-0.4, -0.2) is 40.7 Å². The summed E-state index contributed by atoms with van der Waals surface area (Å²) in [5.74, 6) is 3.25. The van der Waals surface area contributed by atoms with Crippen molar-refractivity contribution in [2.75, 3.05) is 25.7 Å². The molecule has 1 N–H and O–H groups in total. The van der Waals surface area contributed by atoms with E-state index in [1.807, 2.05) is 24.3 Å². The Kier molecular flexibility index (Phi) is 4.48. The summed E-state index contributed by atoms with van der Waals surface area (Å²) in [4.78, 5) is 11.9. The molecule has 5 nitrogen and oxygen atoms in total. The van der Waals surface area contributed by atoms with E-state index in [0.717, 1.165) is 39.7 Å². The van der Waals surface area contributed by atoms with E-state index < -0.39 is 0 Å². The molecule has 0 bridgehead atoms. The van der Waals surface area contributed by atoms with E-state index in [0.29, 0.717) is 6.61 Å². The number of pyridine rings is 1. The van der Waals surface area contributed by atoms with Gasteiger partial charge in [-0.1, -0.05) is 0 Å². The fraction of sp³-hybridized carbons (Fsp3) is 0.250. The van der Waals surface area contributed by atoms with Crippen molar-refractivity contribution in [2.45, 2.75) is 0 Å². The Morgan fingerprint density at radius 2 is 2.18 bits per heavy atom. The van der Waals surface area contributed by atoms with Crippen LogP contribution in [0.25, 0.3) is 22.4 Å². The summed E-state index contributed by atoms with van der Waals surface area (Å²) in [6.45, 7) is 0.681. The molecule has 0 atom stereocenters. The van der Waals surface area contributed by atoms with Crippen molar-refractivity contribution in [3.05, 3.63) is 36.7 Å². The average Bonchev–Trinajstić information content (AvgIpc) is 2.98. The molecule has 114 valence electrons. The van der Waals surface area contributed by atoms with Crippen LogP contribution < -0.4 is 9.47 Å². The molecule has 0 fully saturated rings. The number of thioether (sulfide) groups is 1. The topological polar surface area (TPSA) is 60.0 Å². The Hall–Kier alpha value is -2.21. The highest BCUT2D eigenvalue weighted by molar-refractivity contribution is 7.98. The highest BCUT2D eigenvalue weighted by Crippen LogP contribution is 2.32. The van der Waals surface area contributed by atoms with Gasteiger partial charge in [0.25, 0.3) is 0 Å². The van der Waals surface area contributed by atoms with E-state index in [2.05, 4.69) is 21.2 Å². The average molecular weight is 315 g/mol. The number of imidazole rings is 1. The number of nitrogens with zero attached hydrogens (tertiary/aromatic N) is 2. The number of hydrogen-bond donors (Lipinski definition) is 1. The summed E-state index contributed by atoms with van der Waals surface area (Å²) in [7, 11) is 1.65. The standard InChI is InChI=1S/C16H17N3O2S/c1-20-15-9-11(21-7-8-22-2)3-4-12(15)16-18-13-5-6-17-10-14(13)19-16/h3-6,9-10H,7-8H2,1-2H3,(H,18,19). The van der Waals surface area contributed by atoms with Crippen LogP contribution in [0.15, 0.2) is 36.7 Å². The van der Waals surface area contributed by atoms with Gasteiger partial charge in [-0.3, -0.25) is 4.98 Å². The van der Waals surface area contributed by atoms with Crippen LogP contribution in [0.1, 0.15) is 0 Å². The zero-order valence-corrected chi connectivity index (χ0v) is 13.3. The first kappa shape index (κ1) is 14.7. The minimum absolute atomic E-state index is 0.681. The fourth-order valence-electron chi connectivity index (χ4n) is 2.18. The van der Waals surface area contributed by atoms with Gasteiger partial charge in [0.2, 0.25) is 0 Å². The first-order valence-electron chi connectivity index (χ1n) is 6.91. The Labute approximate surface area is 133 Å². The largest absolute Gasteiger partial charge is 0.496 e. The van der Waals surface area contributed by atoms with Crippen LogP contribution in [0.2, 0.25) is 0 Å². The molecular formula is C16H17N3O2S. The summed E-state index contributed by atoms with van der Waals surface area (Å²) >= 11 is 1.76. The van der Waals surface area contributed by atoms with Gasteiger partial charge < -0.3 is 14.5 Å². The van der Waals surface area contributed by atoms with E-state index in [9.17, 15) is 0 Å². The van der Waals surface area contributed by atoms with E-state index in [1.165, 1.54) is 0 Å². The minimum atomic E-state index is 0.681. The fourth-order valence-corrected chi connectivity index (χ4v) is 2.43. The molecule has 3 rings (SSSR count). The van der Waals surface area contributed by atoms with Crippen LogP contribution >= 0.6 is 11.8 Å². The van der Waals surface area contributed by atoms with Crippen molar-refractivity contribution in [3.63, 3.8) is 0 Å². The molecule has 0 saturated carbocycles. The number of H-pyrrole nitrogens is 1. The van der Waals surface area contributed by atoms with Crippen molar-refractivity contribution in [3.8, 4) is 22.9 Å². The van der Waals surface area contributed by atoms with E-state index >= 15 is 0 Å². The molecule has 0 aliphatic heterocycles. The lowest BCUT2D eigenvalue weighted by atomic mass is 10.2. The van der Waals surface area contributed by atoms with Crippen LogP contribution in [-0.2, 0) is 0 Å². The second-order valence-electron chi connectivity index (χ2n) is 4.68. The van der Waals surface area contributed by atoms with Gasteiger partial charge >= 0.3 is 0 Å². The first-order chi connectivity index (χ1) is 10.8. The predicted octanol–water partition coefficient (Wildman–Crippen LogP) is 3.38. The van der Waals surface area contributed by atoms with Gasteiger partial charge in [-0.25, -0.2) is 4.98 Å². The normalized spacial score (nSPS) is 10.8. The predicted molar refractivity (Wildman–Crippen MR) is 89.8 cm³/mol. The second-order valence-corrected chi connectivity index (χ2v) is 5.67. The van der Waals surface area contributed by atoms with Gasteiger partial charge in [0.05, 0.1) is 31.0 Å². The number of aromatic amines is 1. The quantitative estimate of drug-likeness (QED) is 0.707. The van der Waals surface area contributed by atoms with E-state index in [1.54, 1.807) is 31.3 Å². The summed E-state index contributed by atoms with van der Waals surface area (Å²) < 4.78 is 11.2. The number of ether oxygens (including phenoxy) is 2. The molecule has 1 aromatic carbocycles. The monoisotopic (exact) mass is 315 g/mol. The smallest absolute Gasteiger partial charge is 0.142 e. The molecule has 0 radical (unpaired) electrons. The minimum Gasteiger partial charge on any atom is -0.496 e. The van der Waals surface area contributed by atoms with Gasteiger partial charge in [0.1, 0.15) is 22.8 Å². The number of nitrogens with one attached hydrogen (secondary N) is 1. The molecule has 0 spiro atoms. The number of hydrogen-bond acceptors (Lipinski definition) is 5. The second kappa shape index (κ2) is 6.70. The lowest BCUT2D eigenvalue weighted by molar-refractivity contribution is 0.340. The Morgan fingerprint density at radius 3 is 2.95 bits per heavy atom. The summed E-state index contributed by atoms with van der Waals surface area (Å²) in [6, 6.07) is 7.68. The molecule has 0 amide bonds. The van der Waals surface area contributed by atoms with Crippen molar-refractivity contribution >= 4 is 22.8 Å². The zero-order chi connectivity index (χ0) is 15.4. The van der Waals surface area contributed by atoms with Gasteiger partial charge in [-0.05, 0) is 24.5 Å². The van der Waals surface area contributed by atoms with E-state index in [4.69, 9.17) is 9.47 Å². The molecule has 6 heteroatoms. The third kappa shape index (κ3) is 3.01. The maximum absolute atomic E-state index is 5.70. The number of aromatic nitrogens is 3. The molecule has 0 saturated heterocycles. The van der Waals surface area contributed by atoms with Gasteiger partial charge in [-0.15, -0.1) is 0 Å². The van der Waals surface area contributed by atoms with Crippen LogP contribution in [0.5, 0.6) is 11.5 Å². The van der Waals surface area contributed by atoms with Crippen molar-refractivity contribution in [2.24, 2.45) is 0 Å². The highest BCUT2D eigenvalue weighted by atomic mass is 32.2. The number of benzene rings is 1. The van der Waals surface area contributed by atoms with Crippen LogP contribution in [0, 0.1) is 0 Å². The first-order valence-corrected chi connectivity index (χ1v) is 8.31. The Bertz CT molecular complexity index is 740. The van der Waals surface area contributed by atoms with E-state index in [-0.39, 0.29) is 0 Å². The van der Waals surface area contributed by atoms with Gasteiger partial charge in [0.15, 0.2) is 0 Å². The number of methoxy groups -OCH3 is 1. The summed E-state index contributed by atoms with van der Waals surface area (Å²) in [5, 5.41) is 0. The molecule has 0 unspecified atom stereocenters. The molecule has 2 heterocycles. The maximum Gasteiger partial charge on any atom is 0.142 e. The molecule has 0 aliphatic rings. The van der Waals surface area contributed by atoms with Crippen molar-refractivity contribution in [1.82, 2.24) is 15.0 Å². The third-order valence-electron chi connectivity index (χ3n) is 3.27. The number of rotatable bonds is 6. The van der Waals surface area contributed by atoms with Crippen molar-refractivity contribution in [1.29, 1.82) is 0 Å². The maximum atomic E-state index is 5.70.